The molecule has 1 saturated heterocycles. The molecule has 0 aromatic carbocycles. The molecule has 84 valence electrons. The minimum absolute atomic E-state index is 0.141. The van der Waals surface area contributed by atoms with E-state index in [-0.39, 0.29) is 5.91 Å². The highest BCUT2D eigenvalue weighted by molar-refractivity contribution is 9.10. The smallest absolute Gasteiger partial charge is 0.276 e. The summed E-state index contributed by atoms with van der Waals surface area (Å²) in [5.74, 6) is -0.141. The quantitative estimate of drug-likeness (QED) is 0.618. The number of aryl methyl sites for hydroxylation is 1. The lowest BCUT2D eigenvalue weighted by Crippen LogP contribution is -2.25. The van der Waals surface area contributed by atoms with Gasteiger partial charge in [-0.25, -0.2) is 0 Å². The van der Waals surface area contributed by atoms with Crippen LogP contribution in [0, 0.1) is 0 Å². The molecule has 0 saturated carbocycles. The molecule has 1 N–H and O–H groups in total. The van der Waals surface area contributed by atoms with E-state index in [4.69, 9.17) is 12.2 Å². The zero-order chi connectivity index (χ0) is 11.9. The Balaban J connectivity index is 2.40. The average molecular weight is 301 g/mol. The van der Waals surface area contributed by atoms with Crippen LogP contribution in [0.4, 0.5) is 0 Å². The normalized spacial score (nSPS) is 18.4. The molecule has 2 heterocycles. The molecule has 7 heteroatoms. The molecule has 1 aromatic rings. The summed E-state index contributed by atoms with van der Waals surface area (Å²) in [5, 5.41) is 7.33. The van der Waals surface area contributed by atoms with E-state index in [0.717, 1.165) is 10.2 Å². The van der Waals surface area contributed by atoms with E-state index in [1.54, 1.807) is 31.1 Å². The lowest BCUT2D eigenvalue weighted by molar-refractivity contribution is -0.121. The van der Waals surface area contributed by atoms with Crippen LogP contribution in [0.15, 0.2) is 16.4 Å². The summed E-state index contributed by atoms with van der Waals surface area (Å²) >= 11 is 8.34. The van der Waals surface area contributed by atoms with Crippen LogP contribution >= 0.6 is 28.1 Å². The van der Waals surface area contributed by atoms with Gasteiger partial charge in [0.05, 0.1) is 16.4 Å². The van der Waals surface area contributed by atoms with E-state index < -0.39 is 0 Å². The van der Waals surface area contributed by atoms with E-state index in [0.29, 0.717) is 10.8 Å². The Morgan fingerprint density at radius 1 is 1.56 bits per heavy atom. The summed E-state index contributed by atoms with van der Waals surface area (Å²) in [6.45, 7) is 0. The summed E-state index contributed by atoms with van der Waals surface area (Å²) in [6, 6.07) is 0. The molecular formula is C9H9BrN4OS. The van der Waals surface area contributed by atoms with E-state index >= 15 is 0 Å². The van der Waals surface area contributed by atoms with E-state index in [1.807, 2.05) is 0 Å². The van der Waals surface area contributed by atoms with Crippen LogP contribution in [-0.4, -0.2) is 32.7 Å². The molecule has 1 amide bonds. The second kappa shape index (κ2) is 3.99. The summed E-state index contributed by atoms with van der Waals surface area (Å²) in [5.41, 5.74) is 1.27. The summed E-state index contributed by atoms with van der Waals surface area (Å²) in [4.78, 5) is 13.1. The molecule has 1 aliphatic rings. The predicted octanol–water partition coefficient (Wildman–Crippen LogP) is 0.870. The summed E-state index contributed by atoms with van der Waals surface area (Å²) in [6.07, 6.45) is 3.39. The van der Waals surface area contributed by atoms with Gasteiger partial charge < -0.3 is 5.32 Å². The highest BCUT2D eigenvalue weighted by Gasteiger charge is 2.27. The minimum atomic E-state index is -0.141. The van der Waals surface area contributed by atoms with E-state index in [1.165, 1.54) is 4.90 Å². The largest absolute Gasteiger partial charge is 0.328 e. The molecule has 0 aliphatic carbocycles. The number of aromatic nitrogens is 2. The van der Waals surface area contributed by atoms with Crippen molar-refractivity contribution < 1.29 is 4.79 Å². The Morgan fingerprint density at radius 2 is 2.25 bits per heavy atom. The van der Waals surface area contributed by atoms with Crippen LogP contribution in [0.2, 0.25) is 0 Å². The molecule has 0 radical (unpaired) electrons. The first-order valence-electron chi connectivity index (χ1n) is 4.49. The van der Waals surface area contributed by atoms with Crippen molar-refractivity contribution in [3.63, 3.8) is 0 Å². The van der Waals surface area contributed by atoms with Crippen LogP contribution in [0.1, 0.15) is 5.69 Å². The molecule has 0 atom stereocenters. The fourth-order valence-corrected chi connectivity index (χ4v) is 2.00. The van der Waals surface area contributed by atoms with Gasteiger partial charge in [-0.05, 0) is 34.2 Å². The van der Waals surface area contributed by atoms with Gasteiger partial charge >= 0.3 is 0 Å². The van der Waals surface area contributed by atoms with Crippen LogP contribution in [-0.2, 0) is 11.8 Å². The monoisotopic (exact) mass is 300 g/mol. The van der Waals surface area contributed by atoms with Crippen molar-refractivity contribution in [2.75, 3.05) is 7.05 Å². The van der Waals surface area contributed by atoms with Gasteiger partial charge in [-0.3, -0.25) is 14.4 Å². The van der Waals surface area contributed by atoms with Gasteiger partial charge in [0.15, 0.2) is 5.11 Å². The molecule has 0 spiro atoms. The van der Waals surface area contributed by atoms with Crippen LogP contribution in [0.25, 0.3) is 6.08 Å². The molecule has 1 aromatic heterocycles. The predicted molar refractivity (Wildman–Crippen MR) is 67.4 cm³/mol. The van der Waals surface area contributed by atoms with Crippen LogP contribution < -0.4 is 5.32 Å². The highest BCUT2D eigenvalue weighted by Crippen LogP contribution is 2.19. The van der Waals surface area contributed by atoms with E-state index in [2.05, 4.69) is 26.3 Å². The maximum absolute atomic E-state index is 11.7. The van der Waals surface area contributed by atoms with Gasteiger partial charge in [0, 0.05) is 14.1 Å². The molecule has 1 fully saturated rings. The molecule has 0 bridgehead atoms. The number of halogens is 1. The fraction of sp³-hybridized carbons (Fsp3) is 0.222. The number of hydrogen-bond acceptors (Lipinski definition) is 3. The maximum atomic E-state index is 11.7. The second-order valence-electron chi connectivity index (χ2n) is 3.35. The van der Waals surface area contributed by atoms with Crippen molar-refractivity contribution in [2.24, 2.45) is 7.05 Å². The first-order valence-corrected chi connectivity index (χ1v) is 5.69. The number of hydrogen-bond donors (Lipinski definition) is 1. The third-order valence-corrected chi connectivity index (χ3v) is 3.29. The first-order chi connectivity index (χ1) is 7.50. The Hall–Kier alpha value is -1.21. The van der Waals surface area contributed by atoms with Crippen LogP contribution in [0.5, 0.6) is 0 Å². The molecule has 0 unspecified atom stereocenters. The Bertz CT molecular complexity index is 488. The lowest BCUT2D eigenvalue weighted by atomic mass is 10.3. The van der Waals surface area contributed by atoms with Gasteiger partial charge in [0.2, 0.25) is 0 Å². The van der Waals surface area contributed by atoms with Crippen molar-refractivity contribution in [1.29, 1.82) is 0 Å². The first kappa shape index (κ1) is 11.3. The number of rotatable bonds is 1. The van der Waals surface area contributed by atoms with Gasteiger partial charge in [-0.2, -0.15) is 5.10 Å². The van der Waals surface area contributed by atoms with Gasteiger partial charge in [-0.15, -0.1) is 0 Å². The number of amides is 1. The fourth-order valence-electron chi connectivity index (χ4n) is 1.34. The van der Waals surface area contributed by atoms with Crippen molar-refractivity contribution in [1.82, 2.24) is 20.0 Å². The van der Waals surface area contributed by atoms with Crippen molar-refractivity contribution >= 4 is 45.2 Å². The van der Waals surface area contributed by atoms with Crippen molar-refractivity contribution in [2.45, 2.75) is 0 Å². The third kappa shape index (κ3) is 1.76. The van der Waals surface area contributed by atoms with Crippen molar-refractivity contribution in [3.8, 4) is 0 Å². The van der Waals surface area contributed by atoms with Gasteiger partial charge in [-0.1, -0.05) is 0 Å². The highest BCUT2D eigenvalue weighted by atomic mass is 79.9. The maximum Gasteiger partial charge on any atom is 0.276 e. The van der Waals surface area contributed by atoms with Crippen LogP contribution in [0.3, 0.4) is 0 Å². The number of carbonyl (C=O) groups excluding carboxylic acids is 1. The molecule has 2 rings (SSSR count). The number of carbonyl (C=O) groups is 1. The Kier molecular flexibility index (Phi) is 2.81. The number of nitrogens with zero attached hydrogens (tertiary/aromatic N) is 3. The number of likely N-dealkylation sites (N-methyl/N-ethyl adjacent to an activating group) is 1. The topological polar surface area (TPSA) is 50.2 Å². The van der Waals surface area contributed by atoms with Gasteiger partial charge in [0.25, 0.3) is 5.91 Å². The third-order valence-electron chi connectivity index (χ3n) is 2.30. The average Bonchev–Trinajstić information content (AvgIpc) is 2.67. The zero-order valence-electron chi connectivity index (χ0n) is 8.69. The Morgan fingerprint density at radius 3 is 2.69 bits per heavy atom. The minimum Gasteiger partial charge on any atom is -0.328 e. The SMILES string of the molecule is CN1C(=O)/C(=C\c2c(Br)cnn2C)NC1=S. The molecule has 16 heavy (non-hydrogen) atoms. The summed E-state index contributed by atoms with van der Waals surface area (Å²) in [7, 11) is 3.44. The molecule has 1 aliphatic heterocycles. The summed E-state index contributed by atoms with van der Waals surface area (Å²) < 4.78 is 2.51. The second-order valence-corrected chi connectivity index (χ2v) is 4.59. The standard InChI is InChI=1S/C9H9BrN4OS/c1-13-8(15)6(12-9(13)16)3-7-5(10)4-11-14(7)2/h3-4H,1-2H3,(H,12,16)/b6-3+. The van der Waals surface area contributed by atoms with E-state index in [9.17, 15) is 4.79 Å². The number of nitrogens with one attached hydrogen (secondary N) is 1. The van der Waals surface area contributed by atoms with Crippen molar-refractivity contribution in [3.05, 3.63) is 22.1 Å². The Labute approximate surface area is 106 Å². The lowest BCUT2D eigenvalue weighted by Gasteiger charge is -2.02. The zero-order valence-corrected chi connectivity index (χ0v) is 11.1. The number of thiocarbonyl (C=S) groups is 1. The molecule has 5 nitrogen and oxygen atoms in total. The van der Waals surface area contributed by atoms with Gasteiger partial charge in [0.1, 0.15) is 5.70 Å². The molecular weight excluding hydrogens is 292 g/mol.